The Morgan fingerprint density at radius 2 is 1.70 bits per heavy atom. The minimum absolute atomic E-state index is 0.0209. The van der Waals surface area contributed by atoms with Crippen LogP contribution >= 0.6 is 23.2 Å². The third kappa shape index (κ3) is 1.98. The molecule has 0 aromatic heterocycles. The summed E-state index contributed by atoms with van der Waals surface area (Å²) < 4.78 is 11.8. The van der Waals surface area contributed by atoms with E-state index in [1.165, 1.54) is 18.2 Å². The molecule has 3 aromatic rings. The molecule has 0 bridgehead atoms. The molecule has 134 valence electrons. The van der Waals surface area contributed by atoms with Crippen molar-refractivity contribution >= 4 is 29.2 Å². The molecule has 1 unspecified atom stereocenters. The van der Waals surface area contributed by atoms with Gasteiger partial charge in [0.15, 0.2) is 11.4 Å². The van der Waals surface area contributed by atoms with Gasteiger partial charge in [-0.15, -0.1) is 0 Å². The maximum Gasteiger partial charge on any atom is 0.341 e. The van der Waals surface area contributed by atoms with E-state index in [1.54, 1.807) is 30.3 Å². The monoisotopic (exact) mass is 400 g/mol. The van der Waals surface area contributed by atoms with E-state index in [2.05, 4.69) is 0 Å². The van der Waals surface area contributed by atoms with Gasteiger partial charge in [-0.2, -0.15) is 0 Å². The van der Waals surface area contributed by atoms with Crippen LogP contribution in [-0.4, -0.2) is 16.2 Å². The molecule has 2 heterocycles. The third-order valence-corrected chi connectivity index (χ3v) is 5.54. The molecular formula is C20H10Cl2O5. The van der Waals surface area contributed by atoms with Gasteiger partial charge in [0.05, 0.1) is 10.6 Å². The van der Waals surface area contributed by atoms with Crippen molar-refractivity contribution in [1.29, 1.82) is 0 Å². The van der Waals surface area contributed by atoms with E-state index in [-0.39, 0.29) is 38.6 Å². The Kier molecular flexibility index (Phi) is 3.21. The summed E-state index contributed by atoms with van der Waals surface area (Å²) in [6, 6.07) is 12.6. The number of benzene rings is 3. The van der Waals surface area contributed by atoms with Gasteiger partial charge in [-0.1, -0.05) is 35.3 Å². The summed E-state index contributed by atoms with van der Waals surface area (Å²) in [6.45, 7) is 0. The van der Waals surface area contributed by atoms with E-state index < -0.39 is 11.6 Å². The largest absolute Gasteiger partial charge is 0.508 e. The number of ether oxygens (including phenoxy) is 2. The van der Waals surface area contributed by atoms with Crippen molar-refractivity contribution in [2.75, 3.05) is 0 Å². The van der Waals surface area contributed by atoms with Crippen LogP contribution in [-0.2, 0) is 10.3 Å². The molecule has 0 amide bonds. The van der Waals surface area contributed by atoms with Crippen molar-refractivity contribution in [2.24, 2.45) is 0 Å². The first-order chi connectivity index (χ1) is 12.9. The van der Waals surface area contributed by atoms with Gasteiger partial charge in [-0.3, -0.25) is 0 Å². The standard InChI is InChI=1S/C20H10Cl2O5/c21-13-3-1-2-11-16(13)19(25)27-20(11)10-5-4-9(23)8-15(10)26-18-12(20)6-7-14(24)17(18)22/h1-8,23-24H. The number of rotatable bonds is 0. The molecule has 0 radical (unpaired) electrons. The van der Waals surface area contributed by atoms with Crippen molar-refractivity contribution in [3.8, 4) is 23.0 Å². The molecule has 0 saturated carbocycles. The quantitative estimate of drug-likeness (QED) is 0.520. The average Bonchev–Trinajstić information content (AvgIpc) is 2.93. The summed E-state index contributed by atoms with van der Waals surface area (Å²) in [5.74, 6) is -0.373. The molecule has 1 atom stereocenters. The SMILES string of the molecule is O=C1OC2(c3ccc(O)cc3Oc3c2ccc(O)c3Cl)c2cccc(Cl)c21. The molecular weight excluding hydrogens is 391 g/mol. The molecule has 0 saturated heterocycles. The highest BCUT2D eigenvalue weighted by Crippen LogP contribution is 2.59. The summed E-state index contributed by atoms with van der Waals surface area (Å²) >= 11 is 12.5. The number of hydrogen-bond acceptors (Lipinski definition) is 5. The fourth-order valence-electron chi connectivity index (χ4n) is 3.73. The molecule has 1 spiro atoms. The van der Waals surface area contributed by atoms with Crippen LogP contribution in [0.15, 0.2) is 48.5 Å². The van der Waals surface area contributed by atoms with E-state index >= 15 is 0 Å². The van der Waals surface area contributed by atoms with Gasteiger partial charge in [0.2, 0.25) is 0 Å². The van der Waals surface area contributed by atoms with Crippen LogP contribution in [0.3, 0.4) is 0 Å². The smallest absolute Gasteiger partial charge is 0.341 e. The van der Waals surface area contributed by atoms with Gasteiger partial charge >= 0.3 is 5.97 Å². The highest BCUT2D eigenvalue weighted by molar-refractivity contribution is 6.34. The van der Waals surface area contributed by atoms with Crippen LogP contribution in [0.25, 0.3) is 0 Å². The molecule has 2 aliphatic rings. The lowest BCUT2D eigenvalue weighted by atomic mass is 9.77. The number of hydrogen-bond donors (Lipinski definition) is 2. The maximum atomic E-state index is 12.7. The minimum Gasteiger partial charge on any atom is -0.508 e. The van der Waals surface area contributed by atoms with Crippen molar-refractivity contribution in [2.45, 2.75) is 5.60 Å². The Labute approximate surface area is 163 Å². The molecule has 0 aliphatic carbocycles. The highest BCUT2D eigenvalue weighted by atomic mass is 35.5. The lowest BCUT2D eigenvalue weighted by Crippen LogP contribution is -2.33. The van der Waals surface area contributed by atoms with E-state index in [9.17, 15) is 15.0 Å². The first-order valence-corrected chi connectivity index (χ1v) is 8.74. The summed E-state index contributed by atoms with van der Waals surface area (Å²) in [4.78, 5) is 12.7. The van der Waals surface area contributed by atoms with Crippen LogP contribution in [0, 0.1) is 0 Å². The minimum atomic E-state index is -1.36. The van der Waals surface area contributed by atoms with Crippen LogP contribution in [0.2, 0.25) is 10.0 Å². The van der Waals surface area contributed by atoms with Gasteiger partial charge in [0.25, 0.3) is 0 Å². The highest BCUT2D eigenvalue weighted by Gasteiger charge is 2.54. The second-order valence-corrected chi connectivity index (χ2v) is 7.08. The Morgan fingerprint density at radius 3 is 2.52 bits per heavy atom. The second-order valence-electron chi connectivity index (χ2n) is 6.29. The average molecular weight is 401 g/mol. The lowest BCUT2D eigenvalue weighted by Gasteiger charge is -2.36. The number of carbonyl (C=O) groups excluding carboxylic acids is 1. The summed E-state index contributed by atoms with van der Waals surface area (Å²) in [5, 5.41) is 20.2. The molecule has 7 heteroatoms. The van der Waals surface area contributed by atoms with Gasteiger partial charge in [0.1, 0.15) is 22.3 Å². The number of esters is 1. The van der Waals surface area contributed by atoms with Crippen molar-refractivity contribution in [3.63, 3.8) is 0 Å². The van der Waals surface area contributed by atoms with Gasteiger partial charge in [-0.25, -0.2) is 4.79 Å². The van der Waals surface area contributed by atoms with E-state index in [0.717, 1.165) is 0 Å². The van der Waals surface area contributed by atoms with Crippen molar-refractivity contribution in [3.05, 3.63) is 80.8 Å². The Balaban J connectivity index is 1.94. The first kappa shape index (κ1) is 16.3. The molecule has 2 aliphatic heterocycles. The molecule has 2 N–H and O–H groups in total. The van der Waals surface area contributed by atoms with Crippen LogP contribution in [0.1, 0.15) is 27.0 Å². The number of fused-ring (bicyclic) bond motifs is 6. The first-order valence-electron chi connectivity index (χ1n) is 7.99. The molecule has 0 fully saturated rings. The molecule has 27 heavy (non-hydrogen) atoms. The predicted molar refractivity (Wildman–Crippen MR) is 98.0 cm³/mol. The summed E-state index contributed by atoms with van der Waals surface area (Å²) in [6.07, 6.45) is 0. The van der Waals surface area contributed by atoms with E-state index in [0.29, 0.717) is 16.7 Å². The zero-order valence-corrected chi connectivity index (χ0v) is 15.0. The lowest BCUT2D eigenvalue weighted by molar-refractivity contribution is 0.0224. The zero-order valence-electron chi connectivity index (χ0n) is 13.5. The fraction of sp³-hybridized carbons (Fsp3) is 0.0500. The Morgan fingerprint density at radius 1 is 0.926 bits per heavy atom. The van der Waals surface area contributed by atoms with Gasteiger partial charge < -0.3 is 19.7 Å². The van der Waals surface area contributed by atoms with Gasteiger partial charge in [0, 0.05) is 22.8 Å². The molecule has 5 nitrogen and oxygen atoms in total. The van der Waals surface area contributed by atoms with Crippen LogP contribution < -0.4 is 4.74 Å². The number of carbonyl (C=O) groups is 1. The summed E-state index contributed by atoms with van der Waals surface area (Å²) in [5.41, 5.74) is 0.418. The summed E-state index contributed by atoms with van der Waals surface area (Å²) in [7, 11) is 0. The number of aromatic hydroxyl groups is 2. The third-order valence-electron chi connectivity index (χ3n) is 4.86. The molecule has 5 rings (SSSR count). The fourth-order valence-corrected chi connectivity index (χ4v) is 4.19. The van der Waals surface area contributed by atoms with Crippen LogP contribution in [0.5, 0.6) is 23.0 Å². The van der Waals surface area contributed by atoms with Crippen molar-refractivity contribution < 1.29 is 24.5 Å². The topological polar surface area (TPSA) is 76.0 Å². The van der Waals surface area contributed by atoms with E-state index in [1.807, 2.05) is 0 Å². The Bertz CT molecular complexity index is 1160. The maximum absolute atomic E-state index is 12.7. The predicted octanol–water partition coefficient (Wildman–Crippen LogP) is 4.97. The van der Waals surface area contributed by atoms with Gasteiger partial charge in [-0.05, 0) is 30.3 Å². The van der Waals surface area contributed by atoms with Crippen molar-refractivity contribution in [1.82, 2.24) is 0 Å². The number of phenolic OH excluding ortho intramolecular Hbond substituents is 2. The normalized spacial score (nSPS) is 19.1. The Hall–Kier alpha value is -2.89. The van der Waals surface area contributed by atoms with Crippen LogP contribution in [0.4, 0.5) is 0 Å². The second kappa shape index (κ2) is 5.31. The number of phenols is 2. The zero-order chi connectivity index (χ0) is 18.9. The van der Waals surface area contributed by atoms with E-state index in [4.69, 9.17) is 32.7 Å². The molecule has 3 aromatic carbocycles. The number of halogens is 2.